The van der Waals surface area contributed by atoms with E-state index in [9.17, 15) is 13.7 Å². The van der Waals surface area contributed by atoms with Gasteiger partial charge in [-0.3, -0.25) is 13.7 Å². The fourth-order valence-corrected chi connectivity index (χ4v) is 3.64. The van der Waals surface area contributed by atoms with Gasteiger partial charge in [-0.2, -0.15) is 0 Å². The zero-order valence-electron chi connectivity index (χ0n) is 21.6. The molecule has 0 aromatic carbocycles. The Bertz CT molecular complexity index is 462. The first-order valence-corrected chi connectivity index (χ1v) is 15.6. The maximum absolute atomic E-state index is 11.3. The predicted octanol–water partition coefficient (Wildman–Crippen LogP) is 5.57. The summed E-state index contributed by atoms with van der Waals surface area (Å²) in [6.45, 7) is 7.67. The van der Waals surface area contributed by atoms with E-state index in [0.29, 0.717) is 19.8 Å². The van der Waals surface area contributed by atoms with Crippen LogP contribution in [0.1, 0.15) is 40.0 Å². The van der Waals surface area contributed by atoms with Crippen molar-refractivity contribution in [1.82, 2.24) is 0 Å². The van der Waals surface area contributed by atoms with E-state index in [0.717, 1.165) is 19.3 Å². The minimum absolute atomic E-state index is 0.0356. The highest BCUT2D eigenvalue weighted by atomic mass is 31.2. The van der Waals surface area contributed by atoms with Crippen molar-refractivity contribution in [3.05, 3.63) is 0 Å². The van der Waals surface area contributed by atoms with Crippen LogP contribution in [-0.2, 0) is 55.0 Å². The molecule has 0 heterocycles. The molecule has 0 N–H and O–H groups in total. The highest BCUT2D eigenvalue weighted by Crippen LogP contribution is 2.47. The van der Waals surface area contributed by atoms with Gasteiger partial charge in [0.05, 0.1) is 0 Å². The summed E-state index contributed by atoms with van der Waals surface area (Å²) in [4.78, 5) is 0. The van der Waals surface area contributed by atoms with Crippen LogP contribution in [0.5, 0.6) is 0 Å². The Hall–Kier alpha value is 0.330. The zero-order chi connectivity index (χ0) is 26.2. The lowest BCUT2D eigenvalue weighted by Gasteiger charge is -2.12. The van der Waals surface area contributed by atoms with Gasteiger partial charge >= 0.3 is 22.8 Å². The smallest absolute Gasteiger partial charge is 0.355 e. The standard InChI is InChI=1S/3C6H15O4P/c3*1-4-5-10-6-11(7,8-2)9-3/h3*4-6H2,1-3H3. The van der Waals surface area contributed by atoms with Gasteiger partial charge in [0.2, 0.25) is 0 Å². The van der Waals surface area contributed by atoms with Gasteiger partial charge in [0.1, 0.15) is 19.0 Å². The highest BCUT2D eigenvalue weighted by molar-refractivity contribution is 7.54. The molecular weight excluding hydrogens is 501 g/mol. The average molecular weight is 546 g/mol. The van der Waals surface area contributed by atoms with Gasteiger partial charge < -0.3 is 41.4 Å². The molecule has 15 heteroatoms. The third-order valence-electron chi connectivity index (χ3n) is 3.46. The highest BCUT2D eigenvalue weighted by Gasteiger charge is 2.21. The predicted molar refractivity (Wildman–Crippen MR) is 128 cm³/mol. The van der Waals surface area contributed by atoms with Crippen LogP contribution in [0.2, 0.25) is 0 Å². The molecule has 0 aliphatic rings. The third-order valence-corrected chi connectivity index (χ3v) is 8.30. The zero-order valence-corrected chi connectivity index (χ0v) is 24.3. The van der Waals surface area contributed by atoms with Crippen LogP contribution in [0.4, 0.5) is 0 Å². The first-order chi connectivity index (χ1) is 15.5. The summed E-state index contributed by atoms with van der Waals surface area (Å²) in [6, 6.07) is 0. The summed E-state index contributed by atoms with van der Waals surface area (Å²) in [6.07, 6.45) is 2.80. The number of ether oxygens (including phenoxy) is 3. The molecule has 0 radical (unpaired) electrons. The Labute approximate surface area is 199 Å². The molecule has 0 saturated carbocycles. The lowest BCUT2D eigenvalue weighted by atomic mass is 10.5. The molecule has 0 aromatic rings. The molecule has 0 aliphatic heterocycles. The molecule has 0 spiro atoms. The maximum Gasteiger partial charge on any atom is 0.355 e. The number of rotatable bonds is 18. The second-order valence-corrected chi connectivity index (χ2v) is 12.7. The van der Waals surface area contributed by atoms with Crippen molar-refractivity contribution >= 4 is 22.8 Å². The van der Waals surface area contributed by atoms with Crippen LogP contribution in [0.15, 0.2) is 0 Å². The number of hydrogen-bond donors (Lipinski definition) is 0. The first-order valence-electron chi connectivity index (χ1n) is 10.4. The maximum atomic E-state index is 11.3. The minimum atomic E-state index is -2.93. The van der Waals surface area contributed by atoms with Crippen molar-refractivity contribution in [2.75, 3.05) is 81.5 Å². The first kappa shape index (κ1) is 37.9. The molecule has 0 rings (SSSR count). The summed E-state index contributed by atoms with van der Waals surface area (Å²) < 4.78 is 76.7. The molecule has 33 heavy (non-hydrogen) atoms. The van der Waals surface area contributed by atoms with Crippen molar-refractivity contribution in [2.45, 2.75) is 40.0 Å². The van der Waals surface area contributed by atoms with E-state index in [1.54, 1.807) is 0 Å². The Morgan fingerprint density at radius 1 is 0.424 bits per heavy atom. The second-order valence-electron chi connectivity index (χ2n) is 6.04. The lowest BCUT2D eigenvalue weighted by Crippen LogP contribution is -2.00. The molecular formula is C18H45O12P3. The Kier molecular flexibility index (Phi) is 27.6. The van der Waals surface area contributed by atoms with E-state index in [4.69, 9.17) is 14.2 Å². The normalized spacial score (nSPS) is 11.9. The summed E-state index contributed by atoms with van der Waals surface area (Å²) in [5, 5.41) is 0. The molecule has 0 amide bonds. The average Bonchev–Trinajstić information content (AvgIpc) is 2.85. The largest absolute Gasteiger partial charge is 0.369 e. The van der Waals surface area contributed by atoms with Crippen LogP contribution in [0.3, 0.4) is 0 Å². The van der Waals surface area contributed by atoms with Gasteiger partial charge in [0.15, 0.2) is 0 Å². The van der Waals surface area contributed by atoms with Gasteiger partial charge in [0, 0.05) is 62.5 Å². The molecule has 12 nitrogen and oxygen atoms in total. The topological polar surface area (TPSA) is 134 Å². The third kappa shape index (κ3) is 22.5. The molecule has 0 saturated heterocycles. The molecule has 0 unspecified atom stereocenters. The Morgan fingerprint density at radius 2 is 0.606 bits per heavy atom. The van der Waals surface area contributed by atoms with E-state index in [2.05, 4.69) is 27.1 Å². The van der Waals surface area contributed by atoms with E-state index >= 15 is 0 Å². The summed E-state index contributed by atoms with van der Waals surface area (Å²) in [5.41, 5.74) is 0. The van der Waals surface area contributed by atoms with Crippen LogP contribution in [0.25, 0.3) is 0 Å². The van der Waals surface area contributed by atoms with Gasteiger partial charge in [-0.25, -0.2) is 0 Å². The Morgan fingerprint density at radius 3 is 0.727 bits per heavy atom. The quantitative estimate of drug-likeness (QED) is 0.157. The molecule has 0 bridgehead atoms. The van der Waals surface area contributed by atoms with E-state index < -0.39 is 22.8 Å². The fraction of sp³-hybridized carbons (Fsp3) is 1.00. The molecule has 0 atom stereocenters. The summed E-state index contributed by atoms with van der Waals surface area (Å²) >= 11 is 0. The van der Waals surface area contributed by atoms with E-state index in [1.165, 1.54) is 42.7 Å². The van der Waals surface area contributed by atoms with Crippen LogP contribution < -0.4 is 0 Å². The SMILES string of the molecule is CCCOCP(=O)(OC)OC.CCCOCP(=O)(OC)OC.CCCOCP(=O)(OC)OC. The van der Waals surface area contributed by atoms with Crippen LogP contribution >= 0.6 is 22.8 Å². The fourth-order valence-electron chi connectivity index (χ4n) is 1.50. The van der Waals surface area contributed by atoms with Gasteiger partial charge in [-0.05, 0) is 19.3 Å². The van der Waals surface area contributed by atoms with Gasteiger partial charge in [-0.1, -0.05) is 20.8 Å². The van der Waals surface area contributed by atoms with Crippen molar-refractivity contribution < 1.29 is 55.0 Å². The number of hydrogen-bond acceptors (Lipinski definition) is 12. The van der Waals surface area contributed by atoms with Crippen LogP contribution in [-0.4, -0.2) is 81.5 Å². The van der Waals surface area contributed by atoms with Gasteiger partial charge in [-0.15, -0.1) is 0 Å². The van der Waals surface area contributed by atoms with Crippen LogP contribution in [0, 0.1) is 0 Å². The summed E-state index contributed by atoms with van der Waals surface area (Å²) in [7, 11) is -0.718. The lowest BCUT2D eigenvalue weighted by molar-refractivity contribution is 0.145. The Balaban J connectivity index is -0.000000409. The monoisotopic (exact) mass is 546 g/mol. The van der Waals surface area contributed by atoms with E-state index in [1.807, 2.05) is 20.8 Å². The molecule has 0 fully saturated rings. The minimum Gasteiger partial charge on any atom is -0.369 e. The molecule has 0 aromatic heterocycles. The van der Waals surface area contributed by atoms with E-state index in [-0.39, 0.29) is 19.0 Å². The van der Waals surface area contributed by atoms with Gasteiger partial charge in [0.25, 0.3) is 0 Å². The van der Waals surface area contributed by atoms with Crippen molar-refractivity contribution in [3.63, 3.8) is 0 Å². The van der Waals surface area contributed by atoms with Crippen molar-refractivity contribution in [1.29, 1.82) is 0 Å². The second kappa shape index (κ2) is 24.0. The van der Waals surface area contributed by atoms with Crippen molar-refractivity contribution in [3.8, 4) is 0 Å². The molecule has 0 aliphatic carbocycles. The van der Waals surface area contributed by atoms with Crippen molar-refractivity contribution in [2.24, 2.45) is 0 Å². The summed E-state index contributed by atoms with van der Waals surface area (Å²) in [5.74, 6) is 0. The molecule has 204 valence electrons.